The molecule has 1 atom stereocenters. The van der Waals surface area contributed by atoms with Crippen LogP contribution in [0, 0.1) is 18.7 Å². The molecular formula is C22H29FN6O3S. The van der Waals surface area contributed by atoms with Crippen molar-refractivity contribution < 1.29 is 18.7 Å². The number of nitrogens with zero attached hydrogens (tertiary/aromatic N) is 4. The molecule has 3 heterocycles. The van der Waals surface area contributed by atoms with E-state index in [1.807, 2.05) is 32.7 Å². The number of nitrogens with one attached hydrogen (secondary N) is 2. The average Bonchev–Trinajstić information content (AvgIpc) is 2.70. The molecule has 4 rings (SSSR count). The number of likely N-dealkylation sites (tertiary alicyclic amines) is 1. The molecule has 1 saturated heterocycles. The Labute approximate surface area is 199 Å². The molecule has 33 heavy (non-hydrogen) atoms. The fraction of sp³-hybridized carbons (Fsp3) is 0.455. The predicted molar refractivity (Wildman–Crippen MR) is 129 cm³/mol. The summed E-state index contributed by atoms with van der Waals surface area (Å²) in [7, 11) is 1.86. The Kier molecular flexibility index (Phi) is 7.31. The zero-order chi connectivity index (χ0) is 23.0. The summed E-state index contributed by atoms with van der Waals surface area (Å²) in [6, 6.07) is 5.27. The van der Waals surface area contributed by atoms with Crippen molar-refractivity contribution in [3.8, 4) is 5.75 Å². The van der Waals surface area contributed by atoms with Gasteiger partial charge < -0.3 is 25.2 Å². The minimum Gasteiger partial charge on any atom is -0.484 e. The number of rotatable bonds is 6. The Hall–Kier alpha value is -3.08. The van der Waals surface area contributed by atoms with Gasteiger partial charge in [0.1, 0.15) is 23.3 Å². The number of fused-ring (bicyclic) bond motifs is 1. The first kappa shape index (κ1) is 24.6. The number of hydrogen-bond acceptors (Lipinski definition) is 7. The largest absolute Gasteiger partial charge is 0.484 e. The number of halogens is 1. The van der Waals surface area contributed by atoms with Crippen LogP contribution in [0.4, 0.5) is 21.8 Å². The van der Waals surface area contributed by atoms with Crippen molar-refractivity contribution in [2.24, 2.45) is 5.92 Å². The van der Waals surface area contributed by atoms with Gasteiger partial charge in [0, 0.05) is 20.1 Å². The molecular weight excluding hydrogens is 447 g/mol. The van der Waals surface area contributed by atoms with E-state index in [-0.39, 0.29) is 55.7 Å². The van der Waals surface area contributed by atoms with Crippen LogP contribution in [-0.4, -0.2) is 65.5 Å². The smallest absolute Gasteiger partial charge is 0.260 e. The molecule has 0 bridgehead atoms. The summed E-state index contributed by atoms with van der Waals surface area (Å²) in [6.07, 6.45) is 0. The summed E-state index contributed by atoms with van der Waals surface area (Å²) >= 11 is 0. The normalized spacial score (nSPS) is 17.6. The van der Waals surface area contributed by atoms with Crippen LogP contribution in [0.1, 0.15) is 19.5 Å². The molecule has 2 amide bonds. The standard InChI is InChI=1S/C22H27FN6O3.H2S/c1-12(2)19-21(31)26-18-13(3)24-22(27-20(18)28(19)4)25-15-9-29(10-15)17(30)11-32-16-7-5-14(23)6-8-16;/h5-8,12,15,19H,9-11H2,1-4H3,(H,26,31)(H,24,25,27);1H2/t19-;/m0./s1. The fourth-order valence-electron chi connectivity index (χ4n) is 4.00. The van der Waals surface area contributed by atoms with E-state index >= 15 is 0 Å². The minimum atomic E-state index is -0.353. The lowest BCUT2D eigenvalue weighted by atomic mass is 9.99. The molecule has 0 aliphatic carbocycles. The number of benzene rings is 1. The number of carbonyl (C=O) groups excluding carboxylic acids is 2. The molecule has 0 saturated carbocycles. The van der Waals surface area contributed by atoms with Gasteiger partial charge in [-0.15, -0.1) is 0 Å². The van der Waals surface area contributed by atoms with E-state index in [9.17, 15) is 14.0 Å². The molecule has 1 fully saturated rings. The number of ether oxygens (including phenoxy) is 1. The fourth-order valence-corrected chi connectivity index (χ4v) is 4.00. The molecule has 11 heteroatoms. The first-order valence-corrected chi connectivity index (χ1v) is 10.6. The molecule has 1 aromatic heterocycles. The van der Waals surface area contributed by atoms with E-state index in [4.69, 9.17) is 4.74 Å². The monoisotopic (exact) mass is 476 g/mol. The summed E-state index contributed by atoms with van der Waals surface area (Å²) in [5, 5.41) is 6.20. The quantitative estimate of drug-likeness (QED) is 0.659. The molecule has 0 unspecified atom stereocenters. The maximum absolute atomic E-state index is 12.9. The van der Waals surface area contributed by atoms with Crippen LogP contribution < -0.4 is 20.3 Å². The van der Waals surface area contributed by atoms with Crippen molar-refractivity contribution in [3.05, 3.63) is 35.8 Å². The van der Waals surface area contributed by atoms with E-state index in [1.54, 1.807) is 4.90 Å². The molecule has 2 aliphatic heterocycles. The first-order chi connectivity index (χ1) is 15.2. The van der Waals surface area contributed by atoms with Crippen LogP contribution in [0.2, 0.25) is 0 Å². The third-order valence-corrected chi connectivity index (χ3v) is 5.71. The van der Waals surface area contributed by atoms with E-state index in [1.165, 1.54) is 24.3 Å². The highest BCUT2D eigenvalue weighted by atomic mass is 32.1. The van der Waals surface area contributed by atoms with Gasteiger partial charge in [-0.25, -0.2) is 9.37 Å². The SMILES string of the molecule is Cc1nc(NC2CN(C(=O)COc3ccc(F)cc3)C2)nc2c1NC(=O)[C@H](C(C)C)N2C.S. The zero-order valence-electron chi connectivity index (χ0n) is 19.1. The summed E-state index contributed by atoms with van der Waals surface area (Å²) in [6.45, 7) is 6.74. The van der Waals surface area contributed by atoms with Crippen molar-refractivity contribution >= 4 is 42.8 Å². The minimum absolute atomic E-state index is 0. The maximum Gasteiger partial charge on any atom is 0.260 e. The van der Waals surface area contributed by atoms with Crippen LogP contribution in [0.15, 0.2) is 24.3 Å². The van der Waals surface area contributed by atoms with Crippen molar-refractivity contribution in [1.29, 1.82) is 0 Å². The Balaban J connectivity index is 0.00000306. The van der Waals surface area contributed by atoms with Gasteiger partial charge in [-0.3, -0.25) is 9.59 Å². The first-order valence-electron chi connectivity index (χ1n) is 10.6. The Morgan fingerprint density at radius 3 is 2.58 bits per heavy atom. The number of likely N-dealkylation sites (N-methyl/N-ethyl adjacent to an activating group) is 1. The predicted octanol–water partition coefficient (Wildman–Crippen LogP) is 2.15. The van der Waals surface area contributed by atoms with Crippen molar-refractivity contribution in [2.75, 3.05) is 42.3 Å². The second-order valence-electron chi connectivity index (χ2n) is 8.50. The van der Waals surface area contributed by atoms with Crippen molar-refractivity contribution in [1.82, 2.24) is 14.9 Å². The van der Waals surface area contributed by atoms with E-state index in [2.05, 4.69) is 20.6 Å². The molecule has 9 nitrogen and oxygen atoms in total. The maximum atomic E-state index is 12.9. The van der Waals surface area contributed by atoms with Gasteiger partial charge in [-0.2, -0.15) is 18.5 Å². The second kappa shape index (κ2) is 9.82. The van der Waals surface area contributed by atoms with E-state index < -0.39 is 0 Å². The van der Waals surface area contributed by atoms with Gasteiger partial charge in [0.15, 0.2) is 12.4 Å². The van der Waals surface area contributed by atoms with Crippen LogP contribution in [0.3, 0.4) is 0 Å². The van der Waals surface area contributed by atoms with Gasteiger partial charge in [0.2, 0.25) is 11.9 Å². The van der Waals surface area contributed by atoms with E-state index in [0.29, 0.717) is 42.0 Å². The topological polar surface area (TPSA) is 99.7 Å². The van der Waals surface area contributed by atoms with Crippen LogP contribution in [0.5, 0.6) is 5.75 Å². The van der Waals surface area contributed by atoms with Gasteiger partial charge in [-0.1, -0.05) is 13.8 Å². The van der Waals surface area contributed by atoms with Crippen LogP contribution in [-0.2, 0) is 9.59 Å². The Morgan fingerprint density at radius 2 is 1.94 bits per heavy atom. The highest BCUT2D eigenvalue weighted by Crippen LogP contribution is 2.34. The highest BCUT2D eigenvalue weighted by molar-refractivity contribution is 7.59. The highest BCUT2D eigenvalue weighted by Gasteiger charge is 2.36. The van der Waals surface area contributed by atoms with Crippen LogP contribution >= 0.6 is 13.5 Å². The van der Waals surface area contributed by atoms with Gasteiger partial charge in [0.25, 0.3) is 5.91 Å². The Bertz CT molecular complexity index is 1030. The zero-order valence-corrected chi connectivity index (χ0v) is 20.1. The number of amides is 2. The number of aromatic nitrogens is 2. The molecule has 178 valence electrons. The molecule has 0 radical (unpaired) electrons. The van der Waals surface area contributed by atoms with Crippen molar-refractivity contribution in [3.63, 3.8) is 0 Å². The third-order valence-electron chi connectivity index (χ3n) is 5.71. The lowest BCUT2D eigenvalue weighted by molar-refractivity contribution is -0.137. The summed E-state index contributed by atoms with van der Waals surface area (Å²) in [5.41, 5.74) is 1.31. The lowest BCUT2D eigenvalue weighted by Crippen LogP contribution is -2.58. The summed E-state index contributed by atoms with van der Waals surface area (Å²) in [5.74, 6) is 1.17. The average molecular weight is 477 g/mol. The van der Waals surface area contributed by atoms with Gasteiger partial charge in [-0.05, 0) is 37.1 Å². The Morgan fingerprint density at radius 1 is 1.27 bits per heavy atom. The summed E-state index contributed by atoms with van der Waals surface area (Å²) in [4.78, 5) is 37.4. The van der Waals surface area contributed by atoms with Crippen LogP contribution in [0.25, 0.3) is 0 Å². The third kappa shape index (κ3) is 5.13. The summed E-state index contributed by atoms with van der Waals surface area (Å²) < 4.78 is 18.4. The number of aryl methyl sites for hydroxylation is 1. The van der Waals surface area contributed by atoms with E-state index in [0.717, 1.165) is 0 Å². The van der Waals surface area contributed by atoms with Gasteiger partial charge in [0.05, 0.1) is 11.7 Å². The molecule has 2 aliphatic rings. The molecule has 0 spiro atoms. The lowest BCUT2D eigenvalue weighted by Gasteiger charge is -2.40. The second-order valence-corrected chi connectivity index (χ2v) is 8.50. The number of anilines is 3. The molecule has 1 aromatic carbocycles. The van der Waals surface area contributed by atoms with Gasteiger partial charge >= 0.3 is 0 Å². The number of hydrogen-bond donors (Lipinski definition) is 2. The van der Waals surface area contributed by atoms with Crippen molar-refractivity contribution in [2.45, 2.75) is 32.9 Å². The molecule has 2 N–H and O–H groups in total. The number of carbonyl (C=O) groups is 2. The molecule has 2 aromatic rings.